The number of alkyl halides is 2. The molecule has 9 heterocycles. The van der Waals surface area contributed by atoms with Crippen molar-refractivity contribution in [1.82, 2.24) is 96.5 Å². The molecule has 0 aliphatic carbocycles. The Balaban J connectivity index is 0.000000158. The molecule has 0 atom stereocenters. The predicted molar refractivity (Wildman–Crippen MR) is 541 cm³/mol. The summed E-state index contributed by atoms with van der Waals surface area (Å²) < 4.78 is 220. The summed E-state index contributed by atoms with van der Waals surface area (Å²) in [5, 5.41) is 31.4. The molecule has 0 aliphatic rings. The van der Waals surface area contributed by atoms with Crippen molar-refractivity contribution in [2.75, 3.05) is 70.9 Å². The standard InChI is InChI=1S/C23H23F2N5O3.C18H11F3N4O2.C17H9F3N4OS.C17H13F3N4O.C10H5F3N2O.C7H5BrN2S.C5H13NO.CH3I/c1-29(2)8-3-9-33-22-16(24)11-15(12-17(22)25)18-6-7-21(31)30(28-18)13-14-4-5-19-20(10-14)27-23(32)26-19;19-11-6-10(7-12(20)17(11)21)13-3-4-16(26)25(24-13)8-9-1-2-14-15(5-9)23-18(27)22-14;18-11-6-10(7-12(19)17(11)20)13-3-4-16(25)24(21-13)8-9-1-2-14-15(5-9)23-26-22-14;18-11-6-10(7-12(19)17(11)20)15-3-4-16(25)24(23-15)8-9-1-2-13(21)14(22)5-9;11-6-3-5(4-7(12)10(6)13)8-1-2-9(16)15-14-8;8-4-5-1-2-6-7(3-5)10-11-9-6;1-6(2)4-3-5-7;1-2/h4-7,10-12H,3,8-9,13H2,1-2H3,(H2,26,27,32);1-7H,8H2,(H2,22,23,27);1-7H,8H2;1-7H,8,21-22H2;1-4H,(H,15,16);1-3H,4H2;7H,3-5H2,1-2H3;1H3/i;;;;;;;1D. The van der Waals surface area contributed by atoms with Gasteiger partial charge in [0.25, 0.3) is 27.8 Å². The number of benzene rings is 10. The normalized spacial score (nSPS) is 11.0. The minimum atomic E-state index is -1.57. The molecule has 147 heavy (non-hydrogen) atoms. The summed E-state index contributed by atoms with van der Waals surface area (Å²) in [5.41, 5.74) is 20.5. The van der Waals surface area contributed by atoms with Gasteiger partial charge in [-0.05, 0) is 232 Å². The van der Waals surface area contributed by atoms with Crippen molar-refractivity contribution in [3.8, 4) is 62.0 Å². The molecule has 0 bridgehead atoms. The van der Waals surface area contributed by atoms with Gasteiger partial charge in [0, 0.05) is 78.0 Å². The van der Waals surface area contributed by atoms with E-state index in [9.17, 15) is 95.0 Å². The van der Waals surface area contributed by atoms with E-state index in [4.69, 9.17) is 22.7 Å². The average molecular weight is 2250 g/mol. The number of aromatic amines is 5. The van der Waals surface area contributed by atoms with E-state index in [1.165, 1.54) is 76.6 Å². The lowest BCUT2D eigenvalue weighted by Crippen LogP contribution is -2.23. The fourth-order valence-corrected chi connectivity index (χ4v) is 15.0. The van der Waals surface area contributed by atoms with Gasteiger partial charge in [-0.25, -0.2) is 94.9 Å². The zero-order chi connectivity index (χ0) is 107. The number of ether oxygens (including phenoxy) is 1. The zero-order valence-electron chi connectivity index (χ0n) is 78.1. The lowest BCUT2D eigenvalue weighted by molar-refractivity contribution is 0.259. The summed E-state index contributed by atoms with van der Waals surface area (Å²) in [4.78, 5) is 97.0. The van der Waals surface area contributed by atoms with Crippen LogP contribution in [0.15, 0.2) is 246 Å². The number of halogens is 16. The number of nitrogens with zero attached hydrogens (tertiary/aromatic N) is 15. The first kappa shape index (κ1) is 109. The number of aromatic nitrogens is 18. The molecular formula is C98H82BrF14IN22O9S2. The number of anilines is 2. The summed E-state index contributed by atoms with van der Waals surface area (Å²) in [6, 6.07) is 48.2. The quantitative estimate of drug-likeness (QED) is 0.00780. The smallest absolute Gasteiger partial charge is 0.323 e. The number of nitrogens with one attached hydrogen (secondary N) is 5. The summed E-state index contributed by atoms with van der Waals surface area (Å²) in [6.07, 6.45) is 1.51. The summed E-state index contributed by atoms with van der Waals surface area (Å²) in [6.45, 7) is 2.63. The average Bonchev–Trinajstić information content (AvgIpc) is 1.17. The topological polar surface area (TPSA) is 422 Å². The van der Waals surface area contributed by atoms with Gasteiger partial charge in [-0.3, -0.25) is 24.0 Å². The molecule has 762 valence electrons. The maximum Gasteiger partial charge on any atom is 0.323 e. The van der Waals surface area contributed by atoms with Crippen LogP contribution in [0.4, 0.5) is 72.8 Å². The van der Waals surface area contributed by atoms with Gasteiger partial charge in [0.05, 0.1) is 118 Å². The van der Waals surface area contributed by atoms with Gasteiger partial charge in [-0.15, -0.1) is 0 Å². The van der Waals surface area contributed by atoms with Gasteiger partial charge in [-0.2, -0.15) is 43.0 Å². The van der Waals surface area contributed by atoms with E-state index in [2.05, 4.69) is 94.9 Å². The Labute approximate surface area is 852 Å². The van der Waals surface area contributed by atoms with Crippen molar-refractivity contribution >= 4 is 117 Å². The van der Waals surface area contributed by atoms with Crippen molar-refractivity contribution in [1.29, 1.82) is 0 Å². The Hall–Kier alpha value is -15.7. The molecule has 0 aliphatic heterocycles. The molecule has 0 amide bonds. The highest BCUT2D eigenvalue weighted by Gasteiger charge is 2.22. The van der Waals surface area contributed by atoms with Crippen LogP contribution in [0.25, 0.3) is 100 Å². The van der Waals surface area contributed by atoms with Crippen molar-refractivity contribution in [3.05, 3.63) is 394 Å². The first-order chi connectivity index (χ1) is 70.7. The van der Waals surface area contributed by atoms with Gasteiger partial charge in [0.1, 0.15) is 22.1 Å². The molecule has 0 fully saturated rings. The molecule has 0 saturated carbocycles. The number of aliphatic hydroxyl groups excluding tert-OH is 1. The lowest BCUT2D eigenvalue weighted by Gasteiger charge is -2.13. The van der Waals surface area contributed by atoms with E-state index >= 15 is 0 Å². The second-order valence-corrected chi connectivity index (χ2v) is 33.6. The molecule has 10 aromatic carbocycles. The van der Waals surface area contributed by atoms with Crippen molar-refractivity contribution < 1.29 is 72.7 Å². The van der Waals surface area contributed by atoms with Crippen LogP contribution >= 0.6 is 62.0 Å². The SMILES string of the molecule is BrCc1ccc2nsnc2c1.CN(C)CCCO.CN(C)CCCOc1c(F)cc(-c2ccc(=O)n(Cc3ccc4[nH]c(=O)[nH]c4c3)n2)cc1F.Nc1ccc(Cn2nc(-c3cc(F)c(F)c(F)c3)ccc2=O)cc1N.O=c1[nH]c2ccc(Cn3nc(-c4cc(F)c(F)c(F)c4)ccc3=O)cc2[nH]1.O=c1ccc(-c2cc(F)c(F)c(F)c2)n[nH]1.O=c1ccc(-c2cc(F)c(F)c(F)c2)nn1Cc1ccc2nsnc2c1.[2H]CI. The second-order valence-electron chi connectivity index (χ2n) is 32.0. The third-order valence-corrected chi connectivity index (χ3v) is 22.5. The Morgan fingerprint density at radius 1 is 0.374 bits per heavy atom. The van der Waals surface area contributed by atoms with E-state index in [1.807, 2.05) is 67.8 Å². The zero-order valence-corrected chi connectivity index (χ0v) is 82.5. The molecule has 0 saturated heterocycles. The number of hydrogen-bond donors (Lipinski definition) is 8. The Kier molecular flexibility index (Phi) is 37.8. The molecule has 19 aromatic rings. The third kappa shape index (κ3) is 29.8. The van der Waals surface area contributed by atoms with Gasteiger partial charge < -0.3 is 51.0 Å². The number of fused-ring (bicyclic) bond motifs is 4. The molecule has 0 spiro atoms. The summed E-state index contributed by atoms with van der Waals surface area (Å²) in [5.74, 6) is -18.9. The van der Waals surface area contributed by atoms with Gasteiger partial charge in [-0.1, -0.05) is 68.9 Å². The minimum Gasteiger partial charge on any atom is -0.488 e. The van der Waals surface area contributed by atoms with Crippen molar-refractivity contribution in [3.63, 3.8) is 0 Å². The molecular weight excluding hydrogens is 2170 g/mol. The number of H-pyrrole nitrogens is 5. The number of nitrogens with two attached hydrogens (primary N) is 2. The van der Waals surface area contributed by atoms with E-state index in [-0.39, 0.29) is 112 Å². The molecule has 0 radical (unpaired) electrons. The fourth-order valence-electron chi connectivity index (χ4n) is 13.6. The molecule has 49 heteroatoms. The van der Waals surface area contributed by atoms with Crippen LogP contribution in [0.2, 0.25) is 0 Å². The van der Waals surface area contributed by atoms with Crippen LogP contribution in [0, 0.1) is 81.4 Å². The van der Waals surface area contributed by atoms with E-state index < -0.39 is 104 Å². The first-order valence-electron chi connectivity index (χ1n) is 43.8. The maximum atomic E-state index is 14.6. The molecule has 31 nitrogen and oxygen atoms in total. The lowest BCUT2D eigenvalue weighted by atomic mass is 10.1. The van der Waals surface area contributed by atoms with Crippen LogP contribution < -0.4 is 55.4 Å². The van der Waals surface area contributed by atoms with Crippen LogP contribution in [0.5, 0.6) is 5.75 Å². The Morgan fingerprint density at radius 3 is 1.02 bits per heavy atom. The van der Waals surface area contributed by atoms with E-state index in [0.29, 0.717) is 68.0 Å². The van der Waals surface area contributed by atoms with Gasteiger partial charge >= 0.3 is 11.4 Å². The van der Waals surface area contributed by atoms with E-state index in [1.54, 1.807) is 72.8 Å². The monoisotopic (exact) mass is 2250 g/mol. The highest BCUT2D eigenvalue weighted by Crippen LogP contribution is 2.31. The van der Waals surface area contributed by atoms with Crippen LogP contribution in [-0.4, -0.2) is 161 Å². The minimum absolute atomic E-state index is 0.00515. The van der Waals surface area contributed by atoms with Gasteiger partial charge in [0.2, 0.25) is 0 Å². The van der Waals surface area contributed by atoms with Crippen molar-refractivity contribution in [2.24, 2.45) is 0 Å². The van der Waals surface area contributed by atoms with Crippen molar-refractivity contribution in [2.45, 2.75) is 44.4 Å². The Bertz CT molecular complexity index is 8290. The van der Waals surface area contributed by atoms with Crippen LogP contribution in [0.1, 0.15) is 42.0 Å². The van der Waals surface area contributed by atoms with E-state index in [0.717, 1.165) is 145 Å². The van der Waals surface area contributed by atoms with Crippen LogP contribution in [-0.2, 0) is 31.5 Å². The largest absolute Gasteiger partial charge is 0.488 e. The number of rotatable bonds is 22. The molecule has 19 rings (SSSR count). The fraction of sp³-hybridized carbons (Fsp3) is 0.163. The Morgan fingerprint density at radius 2 is 0.680 bits per heavy atom. The molecule has 0 unspecified atom stereocenters. The number of hydrogen-bond acceptors (Lipinski definition) is 24. The highest BCUT2D eigenvalue weighted by atomic mass is 127. The second kappa shape index (κ2) is 51.2. The summed E-state index contributed by atoms with van der Waals surface area (Å²) >= 11 is 7.69. The number of imidazole rings is 2. The maximum absolute atomic E-state index is 14.6. The molecule has 9 aromatic heterocycles. The predicted octanol–water partition coefficient (Wildman–Crippen LogP) is 16.6. The van der Waals surface area contributed by atoms with Gasteiger partial charge in [0.15, 0.2) is 87.2 Å². The third-order valence-electron chi connectivity index (χ3n) is 20.7. The number of aliphatic hydroxyl groups is 1. The molecule has 10 N–H and O–H groups in total. The summed E-state index contributed by atoms with van der Waals surface area (Å²) in [7, 11) is 7.80. The van der Waals surface area contributed by atoms with Crippen LogP contribution in [0.3, 0.4) is 0 Å². The first-order valence-corrected chi connectivity index (χ1v) is 47.2. The number of nitrogen functional groups attached to an aromatic ring is 2. The highest BCUT2D eigenvalue weighted by molar-refractivity contribution is 14.1.